The van der Waals surface area contributed by atoms with Gasteiger partial charge in [-0.15, -0.1) is 0 Å². The van der Waals surface area contributed by atoms with Crippen molar-refractivity contribution in [3.63, 3.8) is 0 Å². The molecule has 0 radical (unpaired) electrons. The lowest BCUT2D eigenvalue weighted by Crippen LogP contribution is -2.36. The van der Waals surface area contributed by atoms with E-state index >= 15 is 0 Å². The molecule has 2 aliphatic rings. The maximum atomic E-state index is 5.97. The highest BCUT2D eigenvalue weighted by Crippen LogP contribution is 2.44. The Morgan fingerprint density at radius 1 is 0.900 bits per heavy atom. The first kappa shape index (κ1) is 26.3. The van der Waals surface area contributed by atoms with Crippen LogP contribution >= 0.6 is 12.2 Å². The van der Waals surface area contributed by atoms with Gasteiger partial charge in [-0.25, -0.2) is 0 Å². The zero-order valence-corrected chi connectivity index (χ0v) is 24.4. The van der Waals surface area contributed by atoms with Gasteiger partial charge in [0, 0.05) is 67.5 Å². The number of benzene rings is 2. The maximum Gasteiger partial charge on any atom is 0.174 e. The van der Waals surface area contributed by atoms with Crippen LogP contribution in [0.4, 0.5) is 17.1 Å². The molecular formula is C32H36N6OS. The molecule has 7 nitrogen and oxygen atoms in total. The summed E-state index contributed by atoms with van der Waals surface area (Å²) >= 11 is 5.97. The Hall–Kier alpha value is -3.88. The van der Waals surface area contributed by atoms with Crippen LogP contribution in [0.25, 0.3) is 5.69 Å². The predicted molar refractivity (Wildman–Crippen MR) is 167 cm³/mol. The van der Waals surface area contributed by atoms with E-state index in [1.165, 1.54) is 22.6 Å². The minimum Gasteiger partial charge on any atom is -0.378 e. The molecule has 2 aliphatic heterocycles. The summed E-state index contributed by atoms with van der Waals surface area (Å²) in [5.41, 5.74) is 9.20. The summed E-state index contributed by atoms with van der Waals surface area (Å²) in [6, 6.07) is 25.7. The second-order valence-corrected chi connectivity index (χ2v) is 11.1. The number of aromatic nitrogens is 2. The average Bonchev–Trinajstić information content (AvgIpc) is 3.48. The Morgan fingerprint density at radius 2 is 1.57 bits per heavy atom. The van der Waals surface area contributed by atoms with Gasteiger partial charge in [-0.1, -0.05) is 6.07 Å². The van der Waals surface area contributed by atoms with Crippen LogP contribution < -0.4 is 20.0 Å². The zero-order chi connectivity index (χ0) is 27.8. The number of nitrogens with one attached hydrogen (secondary N) is 1. The molecule has 0 bridgehead atoms. The molecule has 0 amide bonds. The molecule has 0 unspecified atom stereocenters. The Kier molecular flexibility index (Phi) is 7.21. The molecule has 2 saturated heterocycles. The number of morpholine rings is 1. The van der Waals surface area contributed by atoms with Crippen molar-refractivity contribution < 1.29 is 4.74 Å². The minimum atomic E-state index is -0.0835. The van der Waals surface area contributed by atoms with Crippen LogP contribution in [-0.4, -0.2) is 55.1 Å². The van der Waals surface area contributed by atoms with Gasteiger partial charge in [-0.3, -0.25) is 4.98 Å². The number of pyridine rings is 1. The van der Waals surface area contributed by atoms with Crippen molar-refractivity contribution in [1.82, 2.24) is 14.9 Å². The highest BCUT2D eigenvalue weighted by molar-refractivity contribution is 7.80. The number of thiocarbonyl (C=S) groups is 1. The van der Waals surface area contributed by atoms with Gasteiger partial charge in [0.05, 0.1) is 31.0 Å². The van der Waals surface area contributed by atoms with Crippen LogP contribution in [0, 0.1) is 13.8 Å². The van der Waals surface area contributed by atoms with Gasteiger partial charge in [0.25, 0.3) is 0 Å². The molecule has 4 heterocycles. The number of nitrogens with zero attached hydrogens (tertiary/aromatic N) is 5. The van der Waals surface area contributed by atoms with Gasteiger partial charge in [-0.05, 0) is 98.4 Å². The first-order chi connectivity index (χ1) is 19.4. The van der Waals surface area contributed by atoms with Crippen LogP contribution in [0.15, 0.2) is 79.0 Å². The Bertz CT molecular complexity index is 1480. The molecular weight excluding hydrogens is 516 g/mol. The van der Waals surface area contributed by atoms with Crippen molar-refractivity contribution in [2.75, 3.05) is 55.1 Å². The molecule has 2 fully saturated rings. The van der Waals surface area contributed by atoms with Crippen molar-refractivity contribution in [3.05, 3.63) is 102 Å². The molecule has 206 valence electrons. The van der Waals surface area contributed by atoms with Gasteiger partial charge in [0.1, 0.15) is 0 Å². The van der Waals surface area contributed by atoms with Gasteiger partial charge in [0.2, 0.25) is 0 Å². The van der Waals surface area contributed by atoms with E-state index in [4.69, 9.17) is 21.9 Å². The van der Waals surface area contributed by atoms with Crippen molar-refractivity contribution in [2.24, 2.45) is 0 Å². The van der Waals surface area contributed by atoms with Crippen LogP contribution in [0.3, 0.4) is 0 Å². The van der Waals surface area contributed by atoms with E-state index in [1.54, 1.807) is 0 Å². The second kappa shape index (κ2) is 10.9. The monoisotopic (exact) mass is 552 g/mol. The summed E-state index contributed by atoms with van der Waals surface area (Å²) in [4.78, 5) is 11.5. The number of hydrogen-bond donors (Lipinski definition) is 1. The second-order valence-electron chi connectivity index (χ2n) is 10.7. The highest BCUT2D eigenvalue weighted by Gasteiger charge is 2.42. The fourth-order valence-electron chi connectivity index (χ4n) is 5.98. The van der Waals surface area contributed by atoms with Gasteiger partial charge in [0.15, 0.2) is 5.11 Å². The Labute approximate surface area is 242 Å². The normalized spacial score (nSPS) is 19.1. The molecule has 1 N–H and O–H groups in total. The molecule has 4 aromatic rings. The topological polar surface area (TPSA) is 48.8 Å². The maximum absolute atomic E-state index is 5.97. The zero-order valence-electron chi connectivity index (χ0n) is 23.5. The number of anilines is 3. The molecule has 0 aliphatic carbocycles. The predicted octanol–water partition coefficient (Wildman–Crippen LogP) is 5.57. The van der Waals surface area contributed by atoms with E-state index in [9.17, 15) is 0 Å². The summed E-state index contributed by atoms with van der Waals surface area (Å²) < 4.78 is 7.88. The van der Waals surface area contributed by atoms with Crippen LogP contribution in [0.1, 0.15) is 34.7 Å². The average molecular weight is 553 g/mol. The van der Waals surface area contributed by atoms with Crippen LogP contribution in [-0.2, 0) is 4.74 Å². The summed E-state index contributed by atoms with van der Waals surface area (Å²) in [6.07, 6.45) is 1.85. The van der Waals surface area contributed by atoms with E-state index in [2.05, 4.69) is 113 Å². The minimum absolute atomic E-state index is 0.0554. The van der Waals surface area contributed by atoms with E-state index in [0.717, 1.165) is 49.1 Å². The molecule has 2 atom stereocenters. The Balaban J connectivity index is 1.40. The molecule has 0 saturated carbocycles. The number of ether oxygens (including phenoxy) is 1. The number of aryl methyl sites for hydroxylation is 1. The van der Waals surface area contributed by atoms with E-state index in [-0.39, 0.29) is 12.1 Å². The number of rotatable bonds is 6. The molecule has 8 heteroatoms. The van der Waals surface area contributed by atoms with Gasteiger partial charge in [-0.2, -0.15) is 0 Å². The summed E-state index contributed by atoms with van der Waals surface area (Å²) in [5, 5.41) is 4.31. The van der Waals surface area contributed by atoms with Crippen molar-refractivity contribution >= 4 is 34.4 Å². The molecule has 2 aromatic carbocycles. The van der Waals surface area contributed by atoms with Crippen LogP contribution in [0.5, 0.6) is 0 Å². The number of hydrogen-bond acceptors (Lipinski definition) is 5. The third-order valence-corrected chi connectivity index (χ3v) is 8.33. The molecule has 0 spiro atoms. The summed E-state index contributed by atoms with van der Waals surface area (Å²) in [6.45, 7) is 7.81. The summed E-state index contributed by atoms with van der Waals surface area (Å²) in [5.74, 6) is 0. The third kappa shape index (κ3) is 4.82. The molecule has 40 heavy (non-hydrogen) atoms. The standard InChI is InChI=1S/C32H36N6OS/c1-22-21-28(23(2)37(22)26-14-10-25(11-15-26)36-17-19-39-20-18-36)31-30(29-7-5-6-16-33-29)34-32(40)38(31)27-12-8-24(9-13-27)35(3)4/h5-16,21,30-31H,17-20H2,1-4H3,(H,34,40)/t30-,31+/m0/s1. The fraction of sp³-hybridized carbons (Fsp3) is 0.312. The lowest BCUT2D eigenvalue weighted by molar-refractivity contribution is 0.122. The molecule has 6 rings (SSSR count). The largest absolute Gasteiger partial charge is 0.378 e. The highest BCUT2D eigenvalue weighted by atomic mass is 32.1. The van der Waals surface area contributed by atoms with Gasteiger partial charge >= 0.3 is 0 Å². The van der Waals surface area contributed by atoms with Crippen molar-refractivity contribution in [3.8, 4) is 5.69 Å². The van der Waals surface area contributed by atoms with Crippen molar-refractivity contribution in [2.45, 2.75) is 25.9 Å². The first-order valence-corrected chi connectivity index (χ1v) is 14.2. The first-order valence-electron chi connectivity index (χ1n) is 13.8. The van der Waals surface area contributed by atoms with Gasteiger partial charge < -0.3 is 29.3 Å². The lowest BCUT2D eigenvalue weighted by Gasteiger charge is -2.29. The van der Waals surface area contributed by atoms with E-state index in [1.807, 2.05) is 18.3 Å². The van der Waals surface area contributed by atoms with Crippen LogP contribution in [0.2, 0.25) is 0 Å². The van der Waals surface area contributed by atoms with E-state index in [0.29, 0.717) is 5.11 Å². The SMILES string of the molecule is Cc1cc([C@@H]2[C@H](c3ccccn3)NC(=S)N2c2ccc(N(C)C)cc2)c(C)n1-c1ccc(N2CCOCC2)cc1. The quantitative estimate of drug-likeness (QED) is 0.314. The lowest BCUT2D eigenvalue weighted by atomic mass is 9.96. The van der Waals surface area contributed by atoms with E-state index < -0.39 is 0 Å². The summed E-state index contributed by atoms with van der Waals surface area (Å²) in [7, 11) is 4.11. The molecule has 2 aromatic heterocycles. The van der Waals surface area contributed by atoms with Crippen molar-refractivity contribution in [1.29, 1.82) is 0 Å². The third-order valence-electron chi connectivity index (χ3n) is 8.02. The Morgan fingerprint density at radius 3 is 2.23 bits per heavy atom. The fourth-order valence-corrected chi connectivity index (χ4v) is 6.32. The smallest absolute Gasteiger partial charge is 0.174 e.